The average molecular weight is 389 g/mol. The summed E-state index contributed by atoms with van der Waals surface area (Å²) in [5.74, 6) is 0.261. The smallest absolute Gasteiger partial charge is 0.251 e. The molecule has 0 radical (unpaired) electrons. The Bertz CT molecular complexity index is 713. The fourth-order valence-electron chi connectivity index (χ4n) is 4.02. The number of nitrogens with one attached hydrogen (secondary N) is 2. The van der Waals surface area contributed by atoms with Crippen molar-refractivity contribution >= 4 is 21.1 Å². The molecular weight excluding hydrogens is 357 g/mol. The Labute approximate surface area is 164 Å². The van der Waals surface area contributed by atoms with Crippen LogP contribution in [0.2, 0.25) is 0 Å². The van der Waals surface area contributed by atoms with E-state index in [1.807, 2.05) is 12.1 Å². The topological polar surface area (TPSA) is 61.4 Å². The van der Waals surface area contributed by atoms with Crippen LogP contribution >= 0.6 is 9.24 Å². The maximum Gasteiger partial charge on any atom is 0.251 e. The molecule has 1 aromatic rings. The lowest BCUT2D eigenvalue weighted by Crippen LogP contribution is -2.44. The molecule has 1 saturated heterocycles. The molecule has 1 aromatic carbocycles. The first kappa shape index (κ1) is 20.3. The Balaban J connectivity index is 1.66. The molecule has 4 atom stereocenters. The number of hydrogen-bond donors (Lipinski definition) is 2. The minimum atomic E-state index is -0.0575. The molecule has 0 spiro atoms. The van der Waals surface area contributed by atoms with Crippen LogP contribution in [0.4, 0.5) is 0 Å². The Morgan fingerprint density at radius 3 is 2.56 bits per heavy atom. The van der Waals surface area contributed by atoms with Gasteiger partial charge in [0.05, 0.1) is 0 Å². The zero-order chi connectivity index (χ0) is 19.6. The normalized spacial score (nSPS) is 25.9. The van der Waals surface area contributed by atoms with Crippen LogP contribution in [-0.4, -0.2) is 54.6 Å². The van der Waals surface area contributed by atoms with Gasteiger partial charge >= 0.3 is 0 Å². The van der Waals surface area contributed by atoms with E-state index in [9.17, 15) is 9.59 Å². The molecule has 2 aliphatic rings. The van der Waals surface area contributed by atoms with E-state index in [1.54, 1.807) is 7.05 Å². The molecule has 1 saturated carbocycles. The zero-order valence-electron chi connectivity index (χ0n) is 16.7. The molecule has 1 aliphatic heterocycles. The van der Waals surface area contributed by atoms with Gasteiger partial charge in [0.15, 0.2) is 0 Å². The predicted octanol–water partition coefficient (Wildman–Crippen LogP) is 2.13. The van der Waals surface area contributed by atoms with Gasteiger partial charge in [-0.25, -0.2) is 0 Å². The van der Waals surface area contributed by atoms with Crippen LogP contribution in [0.5, 0.6) is 0 Å². The van der Waals surface area contributed by atoms with Gasteiger partial charge in [-0.1, -0.05) is 13.0 Å². The lowest BCUT2D eigenvalue weighted by atomic mass is 9.97. The number of carbonyl (C=O) groups excluding carboxylic acids is 2. The van der Waals surface area contributed by atoms with E-state index < -0.39 is 0 Å². The number of rotatable bonds is 7. The third-order valence-corrected chi connectivity index (χ3v) is 6.69. The number of aryl methyl sites for hydroxylation is 1. The molecule has 2 fully saturated rings. The maximum absolute atomic E-state index is 12.4. The molecule has 6 heteroatoms. The van der Waals surface area contributed by atoms with Crippen molar-refractivity contribution in [2.45, 2.75) is 50.7 Å². The molecular formula is C21H32N3O2P. The van der Waals surface area contributed by atoms with Crippen LogP contribution < -0.4 is 10.6 Å². The van der Waals surface area contributed by atoms with Crippen LogP contribution in [0.1, 0.15) is 47.7 Å². The summed E-state index contributed by atoms with van der Waals surface area (Å²) in [7, 11) is 4.45. The number of carbonyl (C=O) groups is 2. The van der Waals surface area contributed by atoms with Crippen LogP contribution in [0, 0.1) is 12.8 Å². The molecule has 27 heavy (non-hydrogen) atoms. The monoisotopic (exact) mass is 389 g/mol. The molecule has 3 rings (SSSR count). The summed E-state index contributed by atoms with van der Waals surface area (Å²) >= 11 is 0. The minimum absolute atomic E-state index is 0.0575. The standard InChI is InChI=1S/C21H32N3O2P/c1-14-10-16(19(25)22-3)7-6-15(14)11-17(24-8-4-5-9-24)13-23-20(26)18-12-21(18,2)27/h6-7,10,17-18H,4-5,8-9,11-13,27H2,1-3H3,(H,22,25)(H,23,26)/t17?,18-,21+/m1/s1. The fraction of sp³-hybridized carbons (Fsp3) is 0.619. The Hall–Kier alpha value is -1.45. The van der Waals surface area contributed by atoms with Crippen molar-refractivity contribution in [3.63, 3.8) is 0 Å². The highest BCUT2D eigenvalue weighted by molar-refractivity contribution is 7.19. The van der Waals surface area contributed by atoms with Gasteiger partial charge in [0, 0.05) is 31.1 Å². The van der Waals surface area contributed by atoms with Crippen molar-refractivity contribution < 1.29 is 9.59 Å². The Morgan fingerprint density at radius 2 is 2.00 bits per heavy atom. The van der Waals surface area contributed by atoms with Gasteiger partial charge in [-0.2, -0.15) is 0 Å². The summed E-state index contributed by atoms with van der Waals surface area (Å²) in [6.45, 7) is 7.07. The SMILES string of the molecule is CNC(=O)c1ccc(CC(CNC(=O)[C@H]2C[C@]2(C)P)N2CCCC2)c(C)c1. The van der Waals surface area contributed by atoms with Crippen molar-refractivity contribution in [2.24, 2.45) is 5.92 Å². The summed E-state index contributed by atoms with van der Waals surface area (Å²) in [6, 6.07) is 6.21. The van der Waals surface area contributed by atoms with Gasteiger partial charge in [-0.3, -0.25) is 14.5 Å². The lowest BCUT2D eigenvalue weighted by molar-refractivity contribution is -0.122. The first-order chi connectivity index (χ1) is 12.8. The van der Waals surface area contributed by atoms with Gasteiger partial charge in [0.2, 0.25) is 5.91 Å². The van der Waals surface area contributed by atoms with Crippen molar-refractivity contribution in [1.82, 2.24) is 15.5 Å². The quantitative estimate of drug-likeness (QED) is 0.703. The number of amides is 2. The summed E-state index contributed by atoms with van der Waals surface area (Å²) in [5, 5.41) is 5.95. The van der Waals surface area contributed by atoms with Crippen LogP contribution in [0.15, 0.2) is 18.2 Å². The summed E-state index contributed by atoms with van der Waals surface area (Å²) in [5.41, 5.74) is 3.07. The van der Waals surface area contributed by atoms with Gasteiger partial charge in [0.1, 0.15) is 0 Å². The summed E-state index contributed by atoms with van der Waals surface area (Å²) in [6.07, 6.45) is 4.30. The van der Waals surface area contributed by atoms with E-state index in [0.29, 0.717) is 18.2 Å². The first-order valence-corrected chi connectivity index (χ1v) is 10.5. The molecule has 148 valence electrons. The molecule has 0 aromatic heterocycles. The molecule has 1 aliphatic carbocycles. The summed E-state index contributed by atoms with van der Waals surface area (Å²) in [4.78, 5) is 26.8. The molecule has 1 heterocycles. The molecule has 2 N–H and O–H groups in total. The van der Waals surface area contributed by atoms with Crippen LogP contribution in [0.3, 0.4) is 0 Å². The average Bonchev–Trinajstić information content (AvgIpc) is 3.04. The van der Waals surface area contributed by atoms with E-state index in [2.05, 4.69) is 44.7 Å². The Morgan fingerprint density at radius 1 is 1.33 bits per heavy atom. The first-order valence-electron chi connectivity index (χ1n) is 9.94. The predicted molar refractivity (Wildman–Crippen MR) is 112 cm³/mol. The van der Waals surface area contributed by atoms with Crippen molar-refractivity contribution in [3.05, 3.63) is 34.9 Å². The zero-order valence-corrected chi connectivity index (χ0v) is 17.8. The number of benzene rings is 1. The highest BCUT2D eigenvalue weighted by Gasteiger charge is 2.50. The molecule has 5 nitrogen and oxygen atoms in total. The highest BCUT2D eigenvalue weighted by Crippen LogP contribution is 2.50. The molecule has 2 unspecified atom stereocenters. The highest BCUT2D eigenvalue weighted by atomic mass is 31.0. The third kappa shape index (κ3) is 4.89. The number of hydrogen-bond acceptors (Lipinski definition) is 3. The Kier molecular flexibility index (Phi) is 6.22. The minimum Gasteiger partial charge on any atom is -0.355 e. The second kappa shape index (κ2) is 8.28. The van der Waals surface area contributed by atoms with E-state index >= 15 is 0 Å². The van der Waals surface area contributed by atoms with Crippen molar-refractivity contribution in [2.75, 3.05) is 26.7 Å². The number of likely N-dealkylation sites (tertiary alicyclic amines) is 1. The molecule has 2 amide bonds. The van der Waals surface area contributed by atoms with E-state index in [-0.39, 0.29) is 22.9 Å². The second-order valence-electron chi connectivity index (χ2n) is 8.33. The van der Waals surface area contributed by atoms with Crippen molar-refractivity contribution in [1.29, 1.82) is 0 Å². The van der Waals surface area contributed by atoms with E-state index in [4.69, 9.17) is 0 Å². The van der Waals surface area contributed by atoms with Crippen LogP contribution in [0.25, 0.3) is 0 Å². The molecule has 0 bridgehead atoms. The second-order valence-corrected chi connectivity index (χ2v) is 9.65. The van der Waals surface area contributed by atoms with Crippen molar-refractivity contribution in [3.8, 4) is 0 Å². The van der Waals surface area contributed by atoms with Gasteiger partial charge in [0.25, 0.3) is 5.91 Å². The van der Waals surface area contributed by atoms with Gasteiger partial charge in [-0.15, -0.1) is 9.24 Å². The van der Waals surface area contributed by atoms with E-state index in [0.717, 1.165) is 31.5 Å². The van der Waals surface area contributed by atoms with Gasteiger partial charge in [-0.05, 0) is 74.1 Å². The van der Waals surface area contributed by atoms with Gasteiger partial charge < -0.3 is 10.6 Å². The lowest BCUT2D eigenvalue weighted by Gasteiger charge is -2.28. The van der Waals surface area contributed by atoms with E-state index in [1.165, 1.54) is 18.4 Å². The fourth-order valence-corrected chi connectivity index (χ4v) is 4.40. The maximum atomic E-state index is 12.4. The number of nitrogens with zero attached hydrogens (tertiary/aromatic N) is 1. The third-order valence-electron chi connectivity index (χ3n) is 6.05. The van der Waals surface area contributed by atoms with Crippen LogP contribution in [-0.2, 0) is 11.2 Å². The largest absolute Gasteiger partial charge is 0.355 e. The summed E-state index contributed by atoms with van der Waals surface area (Å²) < 4.78 is 0.